The quantitative estimate of drug-likeness (QED) is 0.943. The molecular weight excluding hydrogens is 292 g/mol. The molecule has 2 heterocycles. The first-order chi connectivity index (χ1) is 11.3. The van der Waals surface area contributed by atoms with Crippen LogP contribution in [0.1, 0.15) is 30.7 Å². The lowest BCUT2D eigenvalue weighted by atomic mass is 10.0. The van der Waals surface area contributed by atoms with Crippen molar-refractivity contribution in [2.45, 2.75) is 25.5 Å². The summed E-state index contributed by atoms with van der Waals surface area (Å²) in [7, 11) is 0. The van der Waals surface area contributed by atoms with E-state index in [4.69, 9.17) is 9.15 Å². The van der Waals surface area contributed by atoms with Crippen molar-refractivity contribution in [3.05, 3.63) is 60.1 Å². The Bertz CT molecular complexity index is 612. The Kier molecular flexibility index (Phi) is 4.98. The third kappa shape index (κ3) is 3.74. The van der Waals surface area contributed by atoms with Crippen LogP contribution in [0, 0.1) is 0 Å². The van der Waals surface area contributed by atoms with Gasteiger partial charge in [0.2, 0.25) is 0 Å². The normalized spacial score (nSPS) is 19.3. The summed E-state index contributed by atoms with van der Waals surface area (Å²) >= 11 is 0. The largest absolute Gasteiger partial charge is 0.467 e. The van der Waals surface area contributed by atoms with E-state index >= 15 is 0 Å². The van der Waals surface area contributed by atoms with Crippen molar-refractivity contribution in [2.24, 2.45) is 0 Å². The molecule has 1 aromatic carbocycles. The van der Waals surface area contributed by atoms with E-state index in [2.05, 4.69) is 12.2 Å². The zero-order valence-corrected chi connectivity index (χ0v) is 13.3. The van der Waals surface area contributed by atoms with Gasteiger partial charge < -0.3 is 19.4 Å². The molecule has 0 aliphatic carbocycles. The second-order valence-corrected chi connectivity index (χ2v) is 5.66. The summed E-state index contributed by atoms with van der Waals surface area (Å²) in [5.41, 5.74) is 0.996. The molecule has 1 aromatic heterocycles. The van der Waals surface area contributed by atoms with E-state index in [0.29, 0.717) is 19.7 Å². The lowest BCUT2D eigenvalue weighted by Gasteiger charge is -2.33. The summed E-state index contributed by atoms with van der Waals surface area (Å²) < 4.78 is 11.2. The van der Waals surface area contributed by atoms with Crippen LogP contribution < -0.4 is 5.32 Å². The van der Waals surface area contributed by atoms with E-state index in [9.17, 15) is 4.79 Å². The Hall–Kier alpha value is -2.27. The highest BCUT2D eigenvalue weighted by molar-refractivity contribution is 5.75. The van der Waals surface area contributed by atoms with Crippen LogP contribution in [-0.4, -0.2) is 36.7 Å². The van der Waals surface area contributed by atoms with Crippen LogP contribution >= 0.6 is 0 Å². The number of furan rings is 1. The number of nitrogens with one attached hydrogen (secondary N) is 1. The van der Waals surface area contributed by atoms with Gasteiger partial charge in [-0.3, -0.25) is 0 Å². The average molecular weight is 314 g/mol. The van der Waals surface area contributed by atoms with Crippen LogP contribution in [0.4, 0.5) is 4.79 Å². The van der Waals surface area contributed by atoms with Gasteiger partial charge in [-0.15, -0.1) is 0 Å². The number of hydrogen-bond acceptors (Lipinski definition) is 3. The highest BCUT2D eigenvalue weighted by Gasteiger charge is 2.26. The van der Waals surface area contributed by atoms with Crippen LogP contribution in [-0.2, 0) is 4.74 Å². The molecule has 1 N–H and O–H groups in total. The SMILES string of the molecule is CC[C@H]1CN(C(=O)N[C@H](c2ccccc2)c2ccco2)CCO1. The molecule has 1 saturated heterocycles. The minimum absolute atomic E-state index is 0.0861. The molecule has 0 radical (unpaired) electrons. The molecule has 1 aliphatic rings. The number of urea groups is 1. The van der Waals surface area contributed by atoms with Crippen molar-refractivity contribution < 1.29 is 13.9 Å². The van der Waals surface area contributed by atoms with E-state index in [0.717, 1.165) is 17.7 Å². The molecule has 0 spiro atoms. The van der Waals surface area contributed by atoms with Gasteiger partial charge in [-0.25, -0.2) is 4.79 Å². The fourth-order valence-electron chi connectivity index (χ4n) is 2.79. The van der Waals surface area contributed by atoms with Gasteiger partial charge in [-0.05, 0) is 24.1 Å². The van der Waals surface area contributed by atoms with Crippen molar-refractivity contribution in [2.75, 3.05) is 19.7 Å². The first-order valence-electron chi connectivity index (χ1n) is 8.03. The van der Waals surface area contributed by atoms with Crippen LogP contribution in [0.25, 0.3) is 0 Å². The third-order valence-corrected chi connectivity index (χ3v) is 4.11. The molecule has 2 atom stereocenters. The zero-order chi connectivity index (χ0) is 16.1. The minimum Gasteiger partial charge on any atom is -0.467 e. The molecule has 1 aliphatic heterocycles. The van der Waals surface area contributed by atoms with Crippen molar-refractivity contribution in [1.82, 2.24) is 10.2 Å². The monoisotopic (exact) mass is 314 g/mol. The highest BCUT2D eigenvalue weighted by Crippen LogP contribution is 2.23. The Morgan fingerprint density at radius 3 is 2.83 bits per heavy atom. The van der Waals surface area contributed by atoms with Gasteiger partial charge in [0, 0.05) is 13.1 Å². The Morgan fingerprint density at radius 2 is 2.13 bits per heavy atom. The third-order valence-electron chi connectivity index (χ3n) is 4.11. The highest BCUT2D eigenvalue weighted by atomic mass is 16.5. The number of carbonyl (C=O) groups excluding carboxylic acids is 1. The molecule has 2 aromatic rings. The maximum Gasteiger partial charge on any atom is 0.318 e. The maximum atomic E-state index is 12.7. The number of ether oxygens (including phenoxy) is 1. The standard InChI is InChI=1S/C18H22N2O3/c1-2-15-13-20(10-12-22-15)18(21)19-17(16-9-6-11-23-16)14-7-4-3-5-8-14/h3-9,11,15,17H,2,10,12-13H2,1H3,(H,19,21)/t15-,17+/m0/s1. The van der Waals surface area contributed by atoms with Gasteiger partial charge >= 0.3 is 6.03 Å². The van der Waals surface area contributed by atoms with Gasteiger partial charge in [0.05, 0.1) is 19.0 Å². The molecule has 5 nitrogen and oxygen atoms in total. The number of amides is 2. The summed E-state index contributed by atoms with van der Waals surface area (Å²) in [6.45, 7) is 3.90. The van der Waals surface area contributed by atoms with E-state index < -0.39 is 0 Å². The number of nitrogens with zero attached hydrogens (tertiary/aromatic N) is 1. The summed E-state index contributed by atoms with van der Waals surface area (Å²) in [6.07, 6.45) is 2.65. The second-order valence-electron chi connectivity index (χ2n) is 5.66. The molecule has 3 rings (SSSR count). The number of hydrogen-bond donors (Lipinski definition) is 1. The van der Waals surface area contributed by atoms with Crippen molar-refractivity contribution >= 4 is 6.03 Å². The van der Waals surface area contributed by atoms with Crippen LogP contribution in [0.3, 0.4) is 0 Å². The molecule has 0 bridgehead atoms. The van der Waals surface area contributed by atoms with Gasteiger partial charge in [-0.1, -0.05) is 37.3 Å². The minimum atomic E-state index is -0.290. The van der Waals surface area contributed by atoms with Crippen LogP contribution in [0.2, 0.25) is 0 Å². The fraction of sp³-hybridized carbons (Fsp3) is 0.389. The molecule has 1 fully saturated rings. The first-order valence-corrected chi connectivity index (χ1v) is 8.03. The maximum absolute atomic E-state index is 12.7. The Labute approximate surface area is 136 Å². The molecule has 5 heteroatoms. The van der Waals surface area contributed by atoms with Crippen molar-refractivity contribution in [3.8, 4) is 0 Å². The smallest absolute Gasteiger partial charge is 0.318 e. The predicted octanol–water partition coefficient (Wildman–Crippen LogP) is 3.19. The first kappa shape index (κ1) is 15.6. The van der Waals surface area contributed by atoms with Gasteiger partial charge in [-0.2, -0.15) is 0 Å². The van der Waals surface area contributed by atoms with Crippen LogP contribution in [0.15, 0.2) is 53.1 Å². The van der Waals surface area contributed by atoms with Crippen molar-refractivity contribution in [3.63, 3.8) is 0 Å². The molecule has 0 unspecified atom stereocenters. The Morgan fingerprint density at radius 1 is 1.30 bits per heavy atom. The molecule has 2 amide bonds. The molecule has 23 heavy (non-hydrogen) atoms. The second kappa shape index (κ2) is 7.33. The van der Waals surface area contributed by atoms with Gasteiger partial charge in [0.1, 0.15) is 11.8 Å². The van der Waals surface area contributed by atoms with Crippen molar-refractivity contribution in [1.29, 1.82) is 0 Å². The fourth-order valence-corrected chi connectivity index (χ4v) is 2.79. The lowest BCUT2D eigenvalue weighted by Crippen LogP contribution is -2.50. The average Bonchev–Trinajstić information content (AvgIpc) is 3.14. The zero-order valence-electron chi connectivity index (χ0n) is 13.3. The molecule has 0 saturated carbocycles. The van der Waals surface area contributed by atoms with Crippen LogP contribution in [0.5, 0.6) is 0 Å². The summed E-state index contributed by atoms with van der Waals surface area (Å²) in [4.78, 5) is 14.5. The number of morpholine rings is 1. The summed E-state index contributed by atoms with van der Waals surface area (Å²) in [6, 6.07) is 13.2. The van der Waals surface area contributed by atoms with E-state index in [1.165, 1.54) is 0 Å². The molecular formula is C18H22N2O3. The van der Waals surface area contributed by atoms with E-state index in [-0.39, 0.29) is 18.2 Å². The summed E-state index contributed by atoms with van der Waals surface area (Å²) in [5, 5.41) is 3.09. The number of rotatable bonds is 4. The van der Waals surface area contributed by atoms with Gasteiger partial charge in [0.15, 0.2) is 0 Å². The topological polar surface area (TPSA) is 54.7 Å². The van der Waals surface area contributed by atoms with E-state index in [1.807, 2.05) is 47.4 Å². The van der Waals surface area contributed by atoms with E-state index in [1.54, 1.807) is 6.26 Å². The number of benzene rings is 1. The Balaban J connectivity index is 1.75. The predicted molar refractivity (Wildman–Crippen MR) is 87.1 cm³/mol. The summed E-state index contributed by atoms with van der Waals surface area (Å²) in [5.74, 6) is 0.727. The van der Waals surface area contributed by atoms with Gasteiger partial charge in [0.25, 0.3) is 0 Å². The number of carbonyl (C=O) groups is 1. The molecule has 122 valence electrons. The lowest BCUT2D eigenvalue weighted by molar-refractivity contribution is -0.0156.